The fraction of sp³-hybridized carbons (Fsp3) is 0.231. The molecule has 0 amide bonds. The number of aryl methyl sites for hydroxylation is 1. The van der Waals surface area contributed by atoms with E-state index in [1.165, 1.54) is 0 Å². The quantitative estimate of drug-likeness (QED) is 0.878. The third-order valence-corrected chi connectivity index (χ3v) is 2.33. The minimum Gasteiger partial charge on any atom is -0.493 e. The van der Waals surface area contributed by atoms with Crippen LogP contribution in [0.1, 0.15) is 12.6 Å². The molecule has 0 unspecified atom stereocenters. The number of ether oxygens (including phenoxy) is 1. The maximum Gasteiger partial charge on any atom is 0.220 e. The summed E-state index contributed by atoms with van der Waals surface area (Å²) in [6.07, 6.45) is 0. The van der Waals surface area contributed by atoms with E-state index in [-0.39, 0.29) is 5.95 Å². The van der Waals surface area contributed by atoms with Crippen LogP contribution in [0, 0.1) is 6.92 Å². The van der Waals surface area contributed by atoms with E-state index in [1.807, 2.05) is 44.2 Å². The highest BCUT2D eigenvalue weighted by Crippen LogP contribution is 2.28. The van der Waals surface area contributed by atoms with Gasteiger partial charge < -0.3 is 10.5 Å². The minimum absolute atomic E-state index is 0.284. The van der Waals surface area contributed by atoms with E-state index in [0.29, 0.717) is 6.61 Å². The van der Waals surface area contributed by atoms with Crippen molar-refractivity contribution in [2.24, 2.45) is 0 Å². The van der Waals surface area contributed by atoms with Crippen molar-refractivity contribution < 1.29 is 4.74 Å². The molecule has 2 rings (SSSR count). The second-order valence-corrected chi connectivity index (χ2v) is 3.68. The second kappa shape index (κ2) is 4.82. The number of benzene rings is 1. The molecule has 2 N–H and O–H groups in total. The zero-order chi connectivity index (χ0) is 12.3. The number of nitrogens with two attached hydrogens (primary N) is 1. The van der Waals surface area contributed by atoms with Crippen LogP contribution in [0.15, 0.2) is 30.3 Å². The standard InChI is InChI=1S/C13H15N3O/c1-3-17-12-7-5-4-6-10(12)11-8-9(2)15-13(14)16-11/h4-8H,3H2,1-2H3,(H2,14,15,16). The van der Waals surface area contributed by atoms with Crippen LogP contribution in [-0.4, -0.2) is 16.6 Å². The lowest BCUT2D eigenvalue weighted by Crippen LogP contribution is -2.00. The molecule has 0 spiro atoms. The van der Waals surface area contributed by atoms with Crippen LogP contribution >= 0.6 is 0 Å². The molecule has 0 radical (unpaired) electrons. The molecule has 4 heteroatoms. The predicted molar refractivity (Wildman–Crippen MR) is 67.8 cm³/mol. The van der Waals surface area contributed by atoms with E-state index in [0.717, 1.165) is 22.7 Å². The number of nitrogen functional groups attached to an aromatic ring is 1. The molecular weight excluding hydrogens is 214 g/mol. The van der Waals surface area contributed by atoms with Gasteiger partial charge >= 0.3 is 0 Å². The Kier molecular flexibility index (Phi) is 3.23. The van der Waals surface area contributed by atoms with Crippen LogP contribution in [-0.2, 0) is 0 Å². The Hall–Kier alpha value is -2.10. The fourth-order valence-corrected chi connectivity index (χ4v) is 1.69. The van der Waals surface area contributed by atoms with Crippen LogP contribution in [0.5, 0.6) is 5.75 Å². The summed E-state index contributed by atoms with van der Waals surface area (Å²) in [5, 5.41) is 0. The average Bonchev–Trinajstić information content (AvgIpc) is 2.29. The van der Waals surface area contributed by atoms with E-state index >= 15 is 0 Å². The number of hydrogen-bond donors (Lipinski definition) is 1. The molecule has 0 aliphatic heterocycles. The lowest BCUT2D eigenvalue weighted by Gasteiger charge is -2.10. The van der Waals surface area contributed by atoms with Crippen molar-refractivity contribution >= 4 is 5.95 Å². The van der Waals surface area contributed by atoms with Gasteiger partial charge in [0, 0.05) is 11.3 Å². The summed E-state index contributed by atoms with van der Waals surface area (Å²) in [6.45, 7) is 4.47. The Morgan fingerprint density at radius 2 is 2.00 bits per heavy atom. The van der Waals surface area contributed by atoms with Gasteiger partial charge in [-0.05, 0) is 32.0 Å². The molecule has 1 aromatic carbocycles. The maximum absolute atomic E-state index is 5.66. The molecular formula is C13H15N3O. The Labute approximate surface area is 100 Å². The van der Waals surface area contributed by atoms with E-state index in [2.05, 4.69) is 9.97 Å². The highest BCUT2D eigenvalue weighted by atomic mass is 16.5. The Morgan fingerprint density at radius 3 is 2.71 bits per heavy atom. The Morgan fingerprint density at radius 1 is 1.24 bits per heavy atom. The number of anilines is 1. The van der Waals surface area contributed by atoms with Gasteiger partial charge in [0.05, 0.1) is 12.3 Å². The van der Waals surface area contributed by atoms with Crippen molar-refractivity contribution in [1.29, 1.82) is 0 Å². The van der Waals surface area contributed by atoms with Gasteiger partial charge in [0.25, 0.3) is 0 Å². The molecule has 1 aromatic heterocycles. The van der Waals surface area contributed by atoms with Crippen molar-refractivity contribution in [2.45, 2.75) is 13.8 Å². The first-order valence-electron chi connectivity index (χ1n) is 5.54. The average molecular weight is 229 g/mol. The molecule has 0 bridgehead atoms. The molecule has 0 fully saturated rings. The van der Waals surface area contributed by atoms with Gasteiger partial charge in [-0.2, -0.15) is 0 Å². The first kappa shape index (κ1) is 11.4. The topological polar surface area (TPSA) is 61.0 Å². The summed E-state index contributed by atoms with van der Waals surface area (Å²) < 4.78 is 5.57. The molecule has 1 heterocycles. The fourth-order valence-electron chi connectivity index (χ4n) is 1.69. The molecule has 0 saturated carbocycles. The van der Waals surface area contributed by atoms with Crippen LogP contribution in [0.25, 0.3) is 11.3 Å². The molecule has 0 saturated heterocycles. The van der Waals surface area contributed by atoms with Gasteiger partial charge in [-0.3, -0.25) is 0 Å². The smallest absolute Gasteiger partial charge is 0.220 e. The van der Waals surface area contributed by atoms with Crippen molar-refractivity contribution in [1.82, 2.24) is 9.97 Å². The number of rotatable bonds is 3. The highest BCUT2D eigenvalue weighted by molar-refractivity contribution is 5.67. The lowest BCUT2D eigenvalue weighted by atomic mass is 10.1. The maximum atomic E-state index is 5.66. The van der Waals surface area contributed by atoms with Gasteiger partial charge in [0.1, 0.15) is 5.75 Å². The number of hydrogen-bond acceptors (Lipinski definition) is 4. The van der Waals surface area contributed by atoms with Gasteiger partial charge in [-0.1, -0.05) is 12.1 Å². The van der Waals surface area contributed by atoms with E-state index < -0.39 is 0 Å². The summed E-state index contributed by atoms with van der Waals surface area (Å²) in [4.78, 5) is 8.30. The molecule has 88 valence electrons. The predicted octanol–water partition coefficient (Wildman–Crippen LogP) is 2.43. The first-order valence-corrected chi connectivity index (χ1v) is 5.54. The first-order chi connectivity index (χ1) is 8.20. The highest BCUT2D eigenvalue weighted by Gasteiger charge is 2.08. The summed E-state index contributed by atoms with van der Waals surface area (Å²) in [6, 6.07) is 9.67. The molecule has 0 atom stereocenters. The summed E-state index contributed by atoms with van der Waals surface area (Å²) >= 11 is 0. The monoisotopic (exact) mass is 229 g/mol. The number of aromatic nitrogens is 2. The number of para-hydroxylation sites is 1. The van der Waals surface area contributed by atoms with Crippen LogP contribution in [0.4, 0.5) is 5.95 Å². The largest absolute Gasteiger partial charge is 0.493 e. The zero-order valence-corrected chi connectivity index (χ0v) is 9.97. The molecule has 2 aromatic rings. The normalized spacial score (nSPS) is 10.2. The summed E-state index contributed by atoms with van der Waals surface area (Å²) in [5.41, 5.74) is 8.23. The zero-order valence-electron chi connectivity index (χ0n) is 9.97. The molecule has 17 heavy (non-hydrogen) atoms. The number of nitrogens with zero attached hydrogens (tertiary/aromatic N) is 2. The van der Waals surface area contributed by atoms with Crippen molar-refractivity contribution in [2.75, 3.05) is 12.3 Å². The third kappa shape index (κ3) is 2.53. The van der Waals surface area contributed by atoms with E-state index in [9.17, 15) is 0 Å². The Bertz CT molecular complexity index is 506. The van der Waals surface area contributed by atoms with Gasteiger partial charge in [-0.15, -0.1) is 0 Å². The van der Waals surface area contributed by atoms with Gasteiger partial charge in [0.2, 0.25) is 5.95 Å². The Balaban J connectivity index is 2.51. The third-order valence-electron chi connectivity index (χ3n) is 2.33. The minimum atomic E-state index is 0.284. The lowest BCUT2D eigenvalue weighted by molar-refractivity contribution is 0.341. The van der Waals surface area contributed by atoms with Crippen LogP contribution < -0.4 is 10.5 Å². The van der Waals surface area contributed by atoms with E-state index in [1.54, 1.807) is 0 Å². The van der Waals surface area contributed by atoms with Gasteiger partial charge in [0.15, 0.2) is 0 Å². The molecule has 4 nitrogen and oxygen atoms in total. The van der Waals surface area contributed by atoms with Crippen molar-refractivity contribution in [3.05, 3.63) is 36.0 Å². The SMILES string of the molecule is CCOc1ccccc1-c1cc(C)nc(N)n1. The van der Waals surface area contributed by atoms with Crippen LogP contribution in [0.3, 0.4) is 0 Å². The summed E-state index contributed by atoms with van der Waals surface area (Å²) in [7, 11) is 0. The second-order valence-electron chi connectivity index (χ2n) is 3.68. The van der Waals surface area contributed by atoms with Gasteiger partial charge in [-0.25, -0.2) is 9.97 Å². The van der Waals surface area contributed by atoms with E-state index in [4.69, 9.17) is 10.5 Å². The molecule has 0 aliphatic carbocycles. The molecule has 0 aliphatic rings. The summed E-state index contributed by atoms with van der Waals surface area (Å²) in [5.74, 6) is 1.10. The van der Waals surface area contributed by atoms with Crippen molar-refractivity contribution in [3.8, 4) is 17.0 Å². The van der Waals surface area contributed by atoms with Crippen LogP contribution in [0.2, 0.25) is 0 Å². The van der Waals surface area contributed by atoms with Crippen molar-refractivity contribution in [3.63, 3.8) is 0 Å².